The predicted octanol–water partition coefficient (Wildman–Crippen LogP) is 3.33. The van der Waals surface area contributed by atoms with Gasteiger partial charge in [0.15, 0.2) is 0 Å². The number of halogens is 6. The third kappa shape index (κ3) is 4.68. The van der Waals surface area contributed by atoms with Crippen LogP contribution in [0.3, 0.4) is 0 Å². The zero-order valence-electron chi connectivity index (χ0n) is 8.96. The van der Waals surface area contributed by atoms with E-state index in [1.807, 2.05) is 0 Å². The summed E-state index contributed by atoms with van der Waals surface area (Å²) in [5.74, 6) is -1.71. The van der Waals surface area contributed by atoms with E-state index in [0.29, 0.717) is 6.08 Å². The molecule has 3 nitrogen and oxygen atoms in total. The third-order valence-electron chi connectivity index (χ3n) is 1.76. The van der Waals surface area contributed by atoms with Crippen LogP contribution in [0.2, 0.25) is 0 Å². The Bertz CT molecular complexity index is 429. The van der Waals surface area contributed by atoms with Crippen LogP contribution in [0.25, 0.3) is 6.08 Å². The molecule has 0 N–H and O–H groups in total. The van der Waals surface area contributed by atoms with Crippen molar-refractivity contribution in [3.63, 3.8) is 0 Å². The fraction of sp³-hybridized carbons (Fsp3) is 0.300. The molecule has 9 heteroatoms. The maximum Gasteiger partial charge on any atom is 0.434 e. The van der Waals surface area contributed by atoms with Gasteiger partial charge >= 0.3 is 18.3 Å². The lowest BCUT2D eigenvalue weighted by atomic mass is 10.3. The second-order valence-electron chi connectivity index (χ2n) is 3.25. The first-order valence-corrected chi connectivity index (χ1v) is 4.66. The van der Waals surface area contributed by atoms with Crippen molar-refractivity contribution in [3.8, 4) is 0 Å². The highest BCUT2D eigenvalue weighted by Crippen LogP contribution is 2.35. The van der Waals surface area contributed by atoms with Gasteiger partial charge in [-0.2, -0.15) is 26.3 Å². The molecule has 1 aromatic heterocycles. The maximum atomic E-state index is 12.1. The van der Waals surface area contributed by atoms with Gasteiger partial charge in [-0.1, -0.05) is 0 Å². The molecule has 0 aliphatic carbocycles. The van der Waals surface area contributed by atoms with E-state index in [4.69, 9.17) is 0 Å². The lowest BCUT2D eigenvalue weighted by Gasteiger charge is -2.22. The Morgan fingerprint density at radius 3 is 2.21 bits per heavy atom. The molecule has 0 aliphatic rings. The van der Waals surface area contributed by atoms with Gasteiger partial charge in [0.1, 0.15) is 5.76 Å². The number of alkyl halides is 6. The summed E-state index contributed by atoms with van der Waals surface area (Å²) in [7, 11) is 0. The SMILES string of the molecule is O=C(/C=C/c1ccco1)OC(C(F)(F)F)C(F)(F)F. The van der Waals surface area contributed by atoms with E-state index in [0.717, 1.165) is 6.08 Å². The zero-order chi connectivity index (χ0) is 14.7. The first-order chi connectivity index (χ1) is 8.60. The van der Waals surface area contributed by atoms with Crippen molar-refractivity contribution in [3.05, 3.63) is 30.2 Å². The van der Waals surface area contributed by atoms with Crippen LogP contribution in [0, 0.1) is 0 Å². The van der Waals surface area contributed by atoms with Crippen LogP contribution in [-0.4, -0.2) is 24.4 Å². The quantitative estimate of drug-likeness (QED) is 0.486. The molecular formula is C10H6F6O3. The molecule has 0 saturated heterocycles. The summed E-state index contributed by atoms with van der Waals surface area (Å²) in [5, 5.41) is 0. The molecule has 0 unspecified atom stereocenters. The van der Waals surface area contributed by atoms with E-state index in [-0.39, 0.29) is 5.76 Å². The standard InChI is InChI=1S/C10H6F6O3/c11-9(12,13)8(10(14,15)16)19-7(17)4-3-6-2-1-5-18-6/h1-5,8H/b4-3+. The summed E-state index contributed by atoms with van der Waals surface area (Å²) in [4.78, 5) is 10.9. The molecule has 1 aromatic rings. The molecule has 0 atom stereocenters. The number of hydrogen-bond donors (Lipinski definition) is 0. The van der Waals surface area contributed by atoms with Crippen molar-refractivity contribution >= 4 is 12.0 Å². The number of carbonyl (C=O) groups is 1. The summed E-state index contributed by atoms with van der Waals surface area (Å²) in [6, 6.07) is 2.76. The van der Waals surface area contributed by atoms with Gasteiger partial charge in [0.2, 0.25) is 0 Å². The van der Waals surface area contributed by atoms with E-state index in [2.05, 4.69) is 9.15 Å². The van der Waals surface area contributed by atoms with Crippen LogP contribution in [0.15, 0.2) is 28.9 Å². The first-order valence-electron chi connectivity index (χ1n) is 4.66. The lowest BCUT2D eigenvalue weighted by Crippen LogP contribution is -2.45. The highest BCUT2D eigenvalue weighted by Gasteiger charge is 2.59. The molecule has 0 fully saturated rings. The van der Waals surface area contributed by atoms with E-state index in [1.54, 1.807) is 0 Å². The summed E-state index contributed by atoms with van der Waals surface area (Å²) >= 11 is 0. The van der Waals surface area contributed by atoms with Gasteiger partial charge in [-0.05, 0) is 18.2 Å². The molecule has 106 valence electrons. The molecule has 19 heavy (non-hydrogen) atoms. The number of hydrogen-bond acceptors (Lipinski definition) is 3. The summed E-state index contributed by atoms with van der Waals surface area (Å²) in [5.41, 5.74) is 0. The van der Waals surface area contributed by atoms with E-state index < -0.39 is 24.4 Å². The van der Waals surface area contributed by atoms with Crippen LogP contribution in [0.4, 0.5) is 26.3 Å². The maximum absolute atomic E-state index is 12.1. The van der Waals surface area contributed by atoms with Crippen molar-refractivity contribution in [2.75, 3.05) is 0 Å². The van der Waals surface area contributed by atoms with Gasteiger partial charge in [-0.25, -0.2) is 4.79 Å². The normalized spacial score (nSPS) is 13.2. The Labute approximate surface area is 102 Å². The number of carbonyl (C=O) groups excluding carboxylic acids is 1. The smallest absolute Gasteiger partial charge is 0.434 e. The van der Waals surface area contributed by atoms with Crippen molar-refractivity contribution in [2.24, 2.45) is 0 Å². The molecular weight excluding hydrogens is 282 g/mol. The van der Waals surface area contributed by atoms with E-state index in [1.165, 1.54) is 18.4 Å². The minimum absolute atomic E-state index is 0.0764. The Morgan fingerprint density at radius 1 is 1.21 bits per heavy atom. The van der Waals surface area contributed by atoms with Crippen LogP contribution in [-0.2, 0) is 9.53 Å². The van der Waals surface area contributed by atoms with Gasteiger partial charge in [0, 0.05) is 6.08 Å². The monoisotopic (exact) mass is 288 g/mol. The molecule has 1 rings (SSSR count). The first kappa shape index (κ1) is 15.1. The van der Waals surface area contributed by atoms with Gasteiger partial charge in [-0.3, -0.25) is 0 Å². The Kier molecular flexibility index (Phi) is 4.28. The molecule has 0 spiro atoms. The largest absolute Gasteiger partial charge is 0.465 e. The zero-order valence-corrected chi connectivity index (χ0v) is 8.96. The average Bonchev–Trinajstić information content (AvgIpc) is 2.72. The van der Waals surface area contributed by atoms with Crippen LogP contribution < -0.4 is 0 Å². The number of ether oxygens (including phenoxy) is 1. The van der Waals surface area contributed by atoms with E-state index in [9.17, 15) is 31.1 Å². The number of furan rings is 1. The third-order valence-corrected chi connectivity index (χ3v) is 1.76. The predicted molar refractivity (Wildman–Crippen MR) is 49.7 cm³/mol. The van der Waals surface area contributed by atoms with Crippen molar-refractivity contribution < 1.29 is 40.3 Å². The van der Waals surface area contributed by atoms with Gasteiger partial charge in [-0.15, -0.1) is 0 Å². The summed E-state index contributed by atoms with van der Waals surface area (Å²) in [6.07, 6.45) is -13.1. The Hall–Kier alpha value is -1.93. The van der Waals surface area contributed by atoms with Crippen LogP contribution in [0.1, 0.15) is 5.76 Å². The summed E-state index contributed by atoms with van der Waals surface area (Å²) in [6.45, 7) is 0. The fourth-order valence-electron chi connectivity index (χ4n) is 1.01. The Morgan fingerprint density at radius 2 is 1.79 bits per heavy atom. The number of esters is 1. The second-order valence-corrected chi connectivity index (χ2v) is 3.25. The van der Waals surface area contributed by atoms with Crippen molar-refractivity contribution in [2.45, 2.75) is 18.5 Å². The van der Waals surface area contributed by atoms with Gasteiger partial charge in [0.05, 0.1) is 6.26 Å². The molecule has 0 radical (unpaired) electrons. The Balaban J connectivity index is 2.73. The van der Waals surface area contributed by atoms with E-state index >= 15 is 0 Å². The minimum Gasteiger partial charge on any atom is -0.465 e. The molecule has 0 bridgehead atoms. The highest BCUT2D eigenvalue weighted by atomic mass is 19.4. The molecule has 0 aliphatic heterocycles. The van der Waals surface area contributed by atoms with Crippen LogP contribution >= 0.6 is 0 Å². The van der Waals surface area contributed by atoms with Gasteiger partial charge < -0.3 is 9.15 Å². The van der Waals surface area contributed by atoms with Gasteiger partial charge in [0.25, 0.3) is 6.10 Å². The molecule has 0 saturated carbocycles. The topological polar surface area (TPSA) is 39.4 Å². The molecule has 0 amide bonds. The lowest BCUT2D eigenvalue weighted by molar-refractivity contribution is -0.312. The molecule has 1 heterocycles. The molecule has 0 aromatic carbocycles. The summed E-state index contributed by atoms with van der Waals surface area (Å²) < 4.78 is 80.3. The van der Waals surface area contributed by atoms with Crippen molar-refractivity contribution in [1.29, 1.82) is 0 Å². The average molecular weight is 288 g/mol. The number of rotatable bonds is 3. The van der Waals surface area contributed by atoms with Crippen LogP contribution in [0.5, 0.6) is 0 Å². The minimum atomic E-state index is -5.73. The second kappa shape index (κ2) is 5.37. The fourth-order valence-corrected chi connectivity index (χ4v) is 1.01. The highest BCUT2D eigenvalue weighted by molar-refractivity contribution is 5.86. The van der Waals surface area contributed by atoms with Crippen molar-refractivity contribution in [1.82, 2.24) is 0 Å².